The normalized spacial score (nSPS) is 15.1. The Kier molecular flexibility index (Phi) is 9.70. The predicted octanol–water partition coefficient (Wildman–Crippen LogP) is 3.64. The van der Waals surface area contributed by atoms with Crippen LogP contribution in [0.4, 0.5) is 8.78 Å². The molecule has 0 aliphatic carbocycles. The topological polar surface area (TPSA) is 32.8 Å². The number of carbonyl (C=O) groups is 1. The van der Waals surface area contributed by atoms with Gasteiger partial charge in [0.1, 0.15) is 11.6 Å². The zero-order valence-electron chi connectivity index (χ0n) is 16.4. The summed E-state index contributed by atoms with van der Waals surface area (Å²) in [5.41, 5.74) is 0.266. The summed E-state index contributed by atoms with van der Waals surface area (Å²) in [4.78, 5) is 16.9. The Hall–Kier alpha value is -1.53. The molecule has 1 fully saturated rings. The van der Waals surface area contributed by atoms with Gasteiger partial charge in [0.2, 0.25) is 5.91 Å². The van der Waals surface area contributed by atoms with E-state index in [-0.39, 0.29) is 24.3 Å². The molecule has 0 saturated carbocycles. The Labute approximate surface area is 161 Å². The van der Waals surface area contributed by atoms with Crippen LogP contribution in [0.2, 0.25) is 0 Å². The van der Waals surface area contributed by atoms with Crippen LogP contribution in [0.15, 0.2) is 18.2 Å². The van der Waals surface area contributed by atoms with E-state index in [1.54, 1.807) is 0 Å². The summed E-state index contributed by atoms with van der Waals surface area (Å²) in [7, 11) is 0. The van der Waals surface area contributed by atoms with Crippen molar-refractivity contribution in [1.29, 1.82) is 0 Å². The Balaban J connectivity index is 1.86. The monoisotopic (exact) mass is 382 g/mol. The highest BCUT2D eigenvalue weighted by atomic mass is 19.1. The maximum Gasteiger partial charge on any atom is 0.222 e. The summed E-state index contributed by atoms with van der Waals surface area (Å²) >= 11 is 0. The van der Waals surface area contributed by atoms with Crippen LogP contribution in [-0.4, -0.2) is 61.6 Å². The summed E-state index contributed by atoms with van der Waals surface area (Å²) in [5, 5.41) is 0. The van der Waals surface area contributed by atoms with E-state index >= 15 is 0 Å². The minimum absolute atomic E-state index is 0.0171. The van der Waals surface area contributed by atoms with Crippen molar-refractivity contribution >= 4 is 5.91 Å². The van der Waals surface area contributed by atoms with Crippen molar-refractivity contribution in [3.05, 3.63) is 35.4 Å². The van der Waals surface area contributed by atoms with Gasteiger partial charge in [0, 0.05) is 39.1 Å². The van der Waals surface area contributed by atoms with Crippen molar-refractivity contribution in [2.75, 3.05) is 45.9 Å². The van der Waals surface area contributed by atoms with Gasteiger partial charge in [-0.05, 0) is 36.6 Å². The minimum Gasteiger partial charge on any atom is -0.379 e. The summed E-state index contributed by atoms with van der Waals surface area (Å²) in [6, 6.07) is 3.40. The number of nitrogens with zero attached hydrogens (tertiary/aromatic N) is 2. The van der Waals surface area contributed by atoms with Gasteiger partial charge in [-0.2, -0.15) is 0 Å². The van der Waals surface area contributed by atoms with Gasteiger partial charge < -0.3 is 9.64 Å². The molecular weight excluding hydrogens is 350 g/mol. The second kappa shape index (κ2) is 12.0. The number of aryl methyl sites for hydroxylation is 1. The van der Waals surface area contributed by atoms with Crippen molar-refractivity contribution in [3.63, 3.8) is 0 Å². The van der Waals surface area contributed by atoms with Crippen molar-refractivity contribution in [3.8, 4) is 0 Å². The smallest absolute Gasteiger partial charge is 0.222 e. The van der Waals surface area contributed by atoms with Crippen LogP contribution in [0.25, 0.3) is 0 Å². The molecule has 1 aromatic carbocycles. The fraction of sp³-hybridized carbons (Fsp3) is 0.667. The number of morpholine rings is 1. The molecule has 0 unspecified atom stereocenters. The lowest BCUT2D eigenvalue weighted by atomic mass is 10.1. The maximum absolute atomic E-state index is 13.8. The largest absolute Gasteiger partial charge is 0.379 e. The van der Waals surface area contributed by atoms with E-state index in [0.717, 1.165) is 70.8 Å². The number of halogens is 2. The third-order valence-electron chi connectivity index (χ3n) is 5.04. The standard InChI is InChI=1S/C21H32F2N2O2/c1-2-3-4-5-10-25(12-11-24-13-15-27-16-14-24)21(26)9-6-18-17-19(22)7-8-20(18)23/h7-8,17H,2-6,9-16H2,1H3. The highest BCUT2D eigenvalue weighted by Gasteiger charge is 2.17. The van der Waals surface area contributed by atoms with E-state index in [1.807, 2.05) is 4.90 Å². The van der Waals surface area contributed by atoms with Gasteiger partial charge in [-0.15, -0.1) is 0 Å². The second-order valence-electron chi connectivity index (χ2n) is 7.13. The van der Waals surface area contributed by atoms with E-state index in [2.05, 4.69) is 11.8 Å². The molecular formula is C21H32F2N2O2. The fourth-order valence-electron chi connectivity index (χ4n) is 3.31. The highest BCUT2D eigenvalue weighted by molar-refractivity contribution is 5.76. The number of hydrogen-bond donors (Lipinski definition) is 0. The third-order valence-corrected chi connectivity index (χ3v) is 5.04. The van der Waals surface area contributed by atoms with E-state index in [1.165, 1.54) is 12.5 Å². The Morgan fingerprint density at radius 3 is 2.67 bits per heavy atom. The third kappa shape index (κ3) is 7.93. The molecule has 0 aromatic heterocycles. The molecule has 1 aromatic rings. The van der Waals surface area contributed by atoms with Crippen LogP contribution < -0.4 is 0 Å². The molecule has 1 aliphatic heterocycles. The number of unbranched alkanes of at least 4 members (excludes halogenated alkanes) is 3. The van der Waals surface area contributed by atoms with Gasteiger partial charge >= 0.3 is 0 Å². The highest BCUT2D eigenvalue weighted by Crippen LogP contribution is 2.13. The van der Waals surface area contributed by atoms with Gasteiger partial charge in [-0.1, -0.05) is 26.2 Å². The minimum atomic E-state index is -0.470. The molecule has 27 heavy (non-hydrogen) atoms. The number of hydrogen-bond acceptors (Lipinski definition) is 3. The second-order valence-corrected chi connectivity index (χ2v) is 7.13. The predicted molar refractivity (Wildman–Crippen MR) is 103 cm³/mol. The van der Waals surface area contributed by atoms with Gasteiger partial charge in [-0.3, -0.25) is 9.69 Å². The number of rotatable bonds is 11. The fourth-order valence-corrected chi connectivity index (χ4v) is 3.31. The molecule has 0 spiro atoms. The lowest BCUT2D eigenvalue weighted by molar-refractivity contribution is -0.131. The lowest BCUT2D eigenvalue weighted by Gasteiger charge is -2.30. The molecule has 4 nitrogen and oxygen atoms in total. The van der Waals surface area contributed by atoms with Crippen LogP contribution >= 0.6 is 0 Å². The van der Waals surface area contributed by atoms with Crippen molar-refractivity contribution < 1.29 is 18.3 Å². The molecule has 1 amide bonds. The zero-order valence-corrected chi connectivity index (χ0v) is 16.4. The Morgan fingerprint density at radius 1 is 1.15 bits per heavy atom. The van der Waals surface area contributed by atoms with Crippen LogP contribution in [0.5, 0.6) is 0 Å². The maximum atomic E-state index is 13.8. The summed E-state index contributed by atoms with van der Waals surface area (Å²) in [6.07, 6.45) is 4.84. The molecule has 0 atom stereocenters. The summed E-state index contributed by atoms with van der Waals surface area (Å²) in [6.45, 7) is 7.67. The van der Waals surface area contributed by atoms with Crippen molar-refractivity contribution in [1.82, 2.24) is 9.80 Å². The van der Waals surface area contributed by atoms with Crippen LogP contribution in [-0.2, 0) is 16.0 Å². The molecule has 0 bridgehead atoms. The molecule has 0 radical (unpaired) electrons. The first-order valence-electron chi connectivity index (χ1n) is 10.1. The number of carbonyl (C=O) groups excluding carboxylic acids is 1. The lowest BCUT2D eigenvalue weighted by Crippen LogP contribution is -2.43. The Morgan fingerprint density at radius 2 is 1.93 bits per heavy atom. The van der Waals surface area contributed by atoms with Crippen molar-refractivity contribution in [2.24, 2.45) is 0 Å². The first-order valence-corrected chi connectivity index (χ1v) is 10.1. The molecule has 1 aliphatic rings. The molecule has 2 rings (SSSR count). The van der Waals surface area contributed by atoms with Crippen LogP contribution in [0.3, 0.4) is 0 Å². The van der Waals surface area contributed by atoms with Gasteiger partial charge in [0.15, 0.2) is 0 Å². The molecule has 6 heteroatoms. The number of benzene rings is 1. The van der Waals surface area contributed by atoms with E-state index < -0.39 is 11.6 Å². The van der Waals surface area contributed by atoms with Gasteiger partial charge in [0.25, 0.3) is 0 Å². The van der Waals surface area contributed by atoms with E-state index in [9.17, 15) is 13.6 Å². The first-order chi connectivity index (χ1) is 13.1. The molecule has 152 valence electrons. The van der Waals surface area contributed by atoms with Crippen LogP contribution in [0.1, 0.15) is 44.6 Å². The average Bonchev–Trinajstić information content (AvgIpc) is 2.68. The van der Waals surface area contributed by atoms with Crippen LogP contribution in [0, 0.1) is 11.6 Å². The van der Waals surface area contributed by atoms with E-state index in [4.69, 9.17) is 4.74 Å². The van der Waals surface area contributed by atoms with Gasteiger partial charge in [0.05, 0.1) is 13.2 Å². The summed E-state index contributed by atoms with van der Waals surface area (Å²) in [5.74, 6) is -0.905. The number of ether oxygens (including phenoxy) is 1. The molecule has 0 N–H and O–H groups in total. The summed E-state index contributed by atoms with van der Waals surface area (Å²) < 4.78 is 32.5. The molecule has 1 saturated heterocycles. The number of amides is 1. The van der Waals surface area contributed by atoms with E-state index in [0.29, 0.717) is 6.54 Å². The SMILES string of the molecule is CCCCCCN(CCN1CCOCC1)C(=O)CCc1cc(F)ccc1F. The Bertz CT molecular complexity index is 577. The van der Waals surface area contributed by atoms with Gasteiger partial charge in [-0.25, -0.2) is 8.78 Å². The molecule has 1 heterocycles. The quantitative estimate of drug-likeness (QED) is 0.548. The first kappa shape index (κ1) is 21.8. The average molecular weight is 382 g/mol. The van der Waals surface area contributed by atoms with Crippen molar-refractivity contribution in [2.45, 2.75) is 45.4 Å². The zero-order chi connectivity index (χ0) is 19.5.